The van der Waals surface area contributed by atoms with Crippen molar-refractivity contribution in [2.75, 3.05) is 12.3 Å². The molecule has 2 rings (SSSR count). The van der Waals surface area contributed by atoms with Crippen molar-refractivity contribution in [3.05, 3.63) is 33.9 Å². The van der Waals surface area contributed by atoms with Crippen LogP contribution in [0.2, 0.25) is 0 Å². The number of nitrogen functional groups attached to an aromatic ring is 1. The van der Waals surface area contributed by atoms with Gasteiger partial charge in [-0.15, -0.1) is 0 Å². The van der Waals surface area contributed by atoms with Crippen molar-refractivity contribution in [3.8, 4) is 17.0 Å². The first kappa shape index (κ1) is 14.8. The SMILES string of the molecule is CCCc1c(N)n[nH]c1-c1cccc([N+](=O)[O-])c1OCC. The molecule has 0 spiro atoms. The number of nitro groups is 1. The Labute approximate surface area is 122 Å². The molecule has 0 aliphatic rings. The number of hydrogen-bond donors (Lipinski definition) is 2. The van der Waals surface area contributed by atoms with Gasteiger partial charge in [-0.2, -0.15) is 5.10 Å². The minimum Gasteiger partial charge on any atom is -0.487 e. The van der Waals surface area contributed by atoms with Crippen molar-refractivity contribution >= 4 is 11.5 Å². The van der Waals surface area contributed by atoms with Gasteiger partial charge >= 0.3 is 5.69 Å². The number of nitrogens with one attached hydrogen (secondary N) is 1. The molecule has 1 aromatic carbocycles. The molecule has 0 aliphatic carbocycles. The van der Waals surface area contributed by atoms with Crippen molar-refractivity contribution in [2.45, 2.75) is 26.7 Å². The minimum absolute atomic E-state index is 0.0648. The molecule has 0 unspecified atom stereocenters. The smallest absolute Gasteiger partial charge is 0.311 e. The van der Waals surface area contributed by atoms with E-state index in [9.17, 15) is 10.1 Å². The van der Waals surface area contributed by atoms with Crippen molar-refractivity contribution in [1.29, 1.82) is 0 Å². The topological polar surface area (TPSA) is 107 Å². The highest BCUT2D eigenvalue weighted by Crippen LogP contribution is 2.39. The lowest BCUT2D eigenvalue weighted by molar-refractivity contribution is -0.385. The first-order chi connectivity index (χ1) is 10.1. The van der Waals surface area contributed by atoms with Crippen LogP contribution in [0.3, 0.4) is 0 Å². The zero-order valence-electron chi connectivity index (χ0n) is 12.0. The Bertz CT molecular complexity index is 652. The number of nitrogens with two attached hydrogens (primary N) is 1. The number of anilines is 1. The van der Waals surface area contributed by atoms with Crippen LogP contribution in [0.15, 0.2) is 18.2 Å². The lowest BCUT2D eigenvalue weighted by atomic mass is 10.0. The van der Waals surface area contributed by atoms with Crippen LogP contribution < -0.4 is 10.5 Å². The van der Waals surface area contributed by atoms with Crippen LogP contribution in [0, 0.1) is 10.1 Å². The first-order valence-electron chi connectivity index (χ1n) is 6.83. The molecule has 0 saturated heterocycles. The summed E-state index contributed by atoms with van der Waals surface area (Å²) in [7, 11) is 0. The molecule has 7 nitrogen and oxygen atoms in total. The summed E-state index contributed by atoms with van der Waals surface area (Å²) in [6.45, 7) is 4.16. The lowest BCUT2D eigenvalue weighted by Crippen LogP contribution is -2.01. The van der Waals surface area contributed by atoms with Crippen LogP contribution in [0.4, 0.5) is 11.5 Å². The number of rotatable bonds is 6. The summed E-state index contributed by atoms with van der Waals surface area (Å²) >= 11 is 0. The molecular formula is C14H18N4O3. The standard InChI is InChI=1S/C14H18N4O3/c1-3-6-10-12(16-17-14(10)15)9-7-5-8-11(18(19)20)13(9)21-4-2/h5,7-8H,3-4,6H2,1-2H3,(H3,15,16,17). The van der Waals surface area contributed by atoms with Gasteiger partial charge in [0, 0.05) is 17.2 Å². The lowest BCUT2D eigenvalue weighted by Gasteiger charge is -2.10. The maximum absolute atomic E-state index is 11.2. The zero-order chi connectivity index (χ0) is 15.4. The highest BCUT2D eigenvalue weighted by molar-refractivity contribution is 5.77. The maximum Gasteiger partial charge on any atom is 0.311 e. The first-order valence-corrected chi connectivity index (χ1v) is 6.83. The van der Waals surface area contributed by atoms with Gasteiger partial charge in [0.2, 0.25) is 5.75 Å². The summed E-state index contributed by atoms with van der Waals surface area (Å²) in [6, 6.07) is 4.82. The third-order valence-corrected chi connectivity index (χ3v) is 3.15. The molecule has 0 amide bonds. The van der Waals surface area contributed by atoms with Crippen molar-refractivity contribution in [2.24, 2.45) is 0 Å². The normalized spacial score (nSPS) is 10.6. The van der Waals surface area contributed by atoms with E-state index in [1.54, 1.807) is 19.1 Å². The van der Waals surface area contributed by atoms with Crippen molar-refractivity contribution in [3.63, 3.8) is 0 Å². The second-order valence-corrected chi connectivity index (χ2v) is 4.56. The van der Waals surface area contributed by atoms with E-state index >= 15 is 0 Å². The van der Waals surface area contributed by atoms with E-state index < -0.39 is 4.92 Å². The van der Waals surface area contributed by atoms with Gasteiger partial charge in [0.05, 0.1) is 17.2 Å². The average Bonchev–Trinajstić information content (AvgIpc) is 2.81. The average molecular weight is 290 g/mol. The van der Waals surface area contributed by atoms with Gasteiger partial charge in [0.15, 0.2) is 0 Å². The highest BCUT2D eigenvalue weighted by Gasteiger charge is 2.23. The van der Waals surface area contributed by atoms with E-state index in [0.717, 1.165) is 18.4 Å². The number of aromatic nitrogens is 2. The van der Waals surface area contributed by atoms with Gasteiger partial charge in [0.25, 0.3) is 0 Å². The van der Waals surface area contributed by atoms with Crippen LogP contribution in [-0.2, 0) is 6.42 Å². The monoisotopic (exact) mass is 290 g/mol. The quantitative estimate of drug-likeness (QED) is 0.628. The van der Waals surface area contributed by atoms with Gasteiger partial charge in [0.1, 0.15) is 5.82 Å². The Morgan fingerprint density at radius 1 is 1.43 bits per heavy atom. The second-order valence-electron chi connectivity index (χ2n) is 4.56. The molecule has 112 valence electrons. The van der Waals surface area contributed by atoms with E-state index in [1.807, 2.05) is 6.92 Å². The Kier molecular flexibility index (Phi) is 4.42. The van der Waals surface area contributed by atoms with Crippen LogP contribution in [-0.4, -0.2) is 21.7 Å². The number of hydrogen-bond acceptors (Lipinski definition) is 5. The number of ether oxygens (including phenoxy) is 1. The van der Waals surface area contributed by atoms with Crippen LogP contribution in [0.5, 0.6) is 5.75 Å². The zero-order valence-corrected chi connectivity index (χ0v) is 12.0. The van der Waals surface area contributed by atoms with Gasteiger partial charge in [-0.1, -0.05) is 19.4 Å². The van der Waals surface area contributed by atoms with Crippen LogP contribution >= 0.6 is 0 Å². The van der Waals surface area contributed by atoms with Crippen LogP contribution in [0.25, 0.3) is 11.3 Å². The largest absolute Gasteiger partial charge is 0.487 e. The Morgan fingerprint density at radius 2 is 2.19 bits per heavy atom. The van der Waals surface area contributed by atoms with Crippen molar-refractivity contribution < 1.29 is 9.66 Å². The molecule has 1 aromatic heterocycles. The third-order valence-electron chi connectivity index (χ3n) is 3.15. The molecule has 2 aromatic rings. The molecule has 7 heteroatoms. The molecule has 0 radical (unpaired) electrons. The molecule has 21 heavy (non-hydrogen) atoms. The Balaban J connectivity index is 2.63. The van der Waals surface area contributed by atoms with Gasteiger partial charge in [-0.3, -0.25) is 15.2 Å². The maximum atomic E-state index is 11.2. The molecule has 0 bridgehead atoms. The predicted octanol–water partition coefficient (Wildman–Crippen LogP) is 2.92. The highest BCUT2D eigenvalue weighted by atomic mass is 16.6. The van der Waals surface area contributed by atoms with E-state index in [-0.39, 0.29) is 11.4 Å². The Hall–Kier alpha value is -2.57. The number of H-pyrrole nitrogens is 1. The van der Waals surface area contributed by atoms with E-state index in [2.05, 4.69) is 10.2 Å². The Morgan fingerprint density at radius 3 is 2.81 bits per heavy atom. The van der Waals surface area contributed by atoms with E-state index in [1.165, 1.54) is 6.07 Å². The van der Waals surface area contributed by atoms with E-state index in [0.29, 0.717) is 23.7 Å². The number of para-hydroxylation sites is 1. The van der Waals surface area contributed by atoms with Crippen molar-refractivity contribution in [1.82, 2.24) is 10.2 Å². The molecule has 0 saturated carbocycles. The minimum atomic E-state index is -0.451. The summed E-state index contributed by atoms with van der Waals surface area (Å²) in [5.74, 6) is 0.659. The summed E-state index contributed by atoms with van der Waals surface area (Å²) in [5, 5.41) is 18.0. The third kappa shape index (κ3) is 2.81. The van der Waals surface area contributed by atoms with E-state index in [4.69, 9.17) is 10.5 Å². The number of nitro benzene ring substituents is 1. The summed E-state index contributed by atoms with van der Waals surface area (Å²) in [6.07, 6.45) is 1.64. The summed E-state index contributed by atoms with van der Waals surface area (Å²) in [4.78, 5) is 10.7. The summed E-state index contributed by atoms with van der Waals surface area (Å²) < 4.78 is 5.50. The number of nitrogens with zero attached hydrogens (tertiary/aromatic N) is 2. The van der Waals surface area contributed by atoms with Gasteiger partial charge < -0.3 is 10.5 Å². The molecule has 0 aliphatic heterocycles. The number of aromatic amines is 1. The molecule has 1 heterocycles. The fraction of sp³-hybridized carbons (Fsp3) is 0.357. The molecule has 0 atom stereocenters. The fourth-order valence-electron chi connectivity index (χ4n) is 2.27. The number of benzene rings is 1. The molecule has 0 fully saturated rings. The summed E-state index contributed by atoms with van der Waals surface area (Å²) in [5.41, 5.74) is 7.96. The second kappa shape index (κ2) is 6.25. The molecule has 3 N–H and O–H groups in total. The molecular weight excluding hydrogens is 272 g/mol. The van der Waals surface area contributed by atoms with Gasteiger partial charge in [-0.05, 0) is 19.4 Å². The predicted molar refractivity (Wildman–Crippen MR) is 80.3 cm³/mol. The van der Waals surface area contributed by atoms with Gasteiger partial charge in [-0.25, -0.2) is 0 Å². The van der Waals surface area contributed by atoms with Crippen LogP contribution in [0.1, 0.15) is 25.8 Å². The fourth-order valence-corrected chi connectivity index (χ4v) is 2.27.